The van der Waals surface area contributed by atoms with Crippen molar-refractivity contribution in [2.75, 3.05) is 9.80 Å². The van der Waals surface area contributed by atoms with Crippen LogP contribution in [0.1, 0.15) is 16.7 Å². The summed E-state index contributed by atoms with van der Waals surface area (Å²) < 4.78 is 2.87. The lowest BCUT2D eigenvalue weighted by Crippen LogP contribution is -2.60. The minimum absolute atomic E-state index is 0.303. The molecule has 206 valence electrons. The summed E-state index contributed by atoms with van der Waals surface area (Å²) in [7, 11) is 0. The number of carbonyl (C=O) groups is 4. The van der Waals surface area contributed by atoms with Gasteiger partial charge in [0.05, 0.1) is 35.0 Å². The van der Waals surface area contributed by atoms with Crippen molar-refractivity contribution in [3.8, 4) is 0 Å². The highest BCUT2D eigenvalue weighted by atomic mass is 127. The van der Waals surface area contributed by atoms with E-state index in [0.29, 0.717) is 11.4 Å². The molecule has 0 aromatic heterocycles. The summed E-state index contributed by atoms with van der Waals surface area (Å²) in [4.78, 5) is 60.2. The zero-order valence-corrected chi connectivity index (χ0v) is 27.9. The normalized spacial score (nSPS) is 29.9. The Hall–Kier alpha value is -2.38. The van der Waals surface area contributed by atoms with Crippen LogP contribution < -0.4 is 9.80 Å². The van der Waals surface area contributed by atoms with Gasteiger partial charge in [0.1, 0.15) is 0 Å². The lowest BCUT2D eigenvalue weighted by molar-refractivity contribution is -0.140. The van der Waals surface area contributed by atoms with E-state index in [-0.39, 0.29) is 23.6 Å². The summed E-state index contributed by atoms with van der Waals surface area (Å²) in [5.74, 6) is -4.89. The molecule has 3 aromatic carbocycles. The van der Waals surface area contributed by atoms with Gasteiger partial charge in [-0.2, -0.15) is 0 Å². The van der Waals surface area contributed by atoms with Crippen LogP contribution in [-0.2, 0) is 24.6 Å². The average molecular weight is 833 g/mol. The van der Waals surface area contributed by atoms with Gasteiger partial charge in [0, 0.05) is 22.9 Å². The van der Waals surface area contributed by atoms with Gasteiger partial charge in [0.25, 0.3) is 0 Å². The summed E-state index contributed by atoms with van der Waals surface area (Å²) in [5, 5.41) is 0. The van der Waals surface area contributed by atoms with Crippen LogP contribution in [0.2, 0.25) is 0 Å². The third kappa shape index (κ3) is 3.70. The molecule has 0 spiro atoms. The van der Waals surface area contributed by atoms with Crippen LogP contribution in [-0.4, -0.2) is 23.6 Å². The first kappa shape index (κ1) is 27.5. The van der Waals surface area contributed by atoms with Crippen molar-refractivity contribution in [1.29, 1.82) is 0 Å². The lowest BCUT2D eigenvalue weighted by Gasteiger charge is -2.53. The molecule has 8 rings (SSSR count). The van der Waals surface area contributed by atoms with Crippen molar-refractivity contribution < 1.29 is 19.2 Å². The van der Waals surface area contributed by atoms with E-state index in [4.69, 9.17) is 0 Å². The van der Waals surface area contributed by atoms with Gasteiger partial charge in [-0.15, -0.1) is 0 Å². The second-order valence-corrected chi connectivity index (χ2v) is 14.7. The Kier molecular flexibility index (Phi) is 6.41. The van der Waals surface area contributed by atoms with Crippen LogP contribution in [0.4, 0.5) is 11.4 Å². The van der Waals surface area contributed by atoms with E-state index in [9.17, 15) is 19.2 Å². The molecular formula is C32H23BrI2N2O4. The molecule has 4 amide bonds. The number of amides is 4. The Morgan fingerprint density at radius 1 is 0.683 bits per heavy atom. The van der Waals surface area contributed by atoms with E-state index < -0.39 is 35.0 Å². The minimum atomic E-state index is -1.15. The highest BCUT2D eigenvalue weighted by molar-refractivity contribution is 14.1. The molecule has 4 unspecified atom stereocenters. The number of nitrogens with zero attached hydrogens (tertiary/aromatic N) is 2. The third-order valence-electron chi connectivity index (χ3n) is 9.30. The quantitative estimate of drug-likeness (QED) is 0.176. The Bertz CT molecular complexity index is 1640. The number of hydrogen-bond donors (Lipinski definition) is 0. The molecule has 2 heterocycles. The highest BCUT2D eigenvalue weighted by Crippen LogP contribution is 2.65. The summed E-state index contributed by atoms with van der Waals surface area (Å²) >= 11 is 7.92. The standard InChI is InChI=1S/C32H23BrI2N2O4/c1-15-13-19(34)7-9-22(15)36-28(38)24-21-11-12-32(26(24)30(36)40,17-3-5-18(33)6-4-17)27-25(21)29(39)37(31(27)41)23-10-8-20(35)14-16(23)2/h3-14,21,24-27H,1-2H3. The Balaban J connectivity index is 1.44. The number of anilines is 2. The van der Waals surface area contributed by atoms with Gasteiger partial charge in [0.15, 0.2) is 0 Å². The van der Waals surface area contributed by atoms with Crippen molar-refractivity contribution in [1.82, 2.24) is 0 Å². The van der Waals surface area contributed by atoms with Crippen LogP contribution in [0.3, 0.4) is 0 Å². The molecule has 1 saturated carbocycles. The second-order valence-electron chi connectivity index (χ2n) is 11.3. The SMILES string of the molecule is Cc1cc(I)ccc1N1C(=O)C2C3C=CC(c4ccc(Br)cc4)(C2C1=O)C1C(=O)N(c2ccc(I)cc2C)C(=O)C31. The molecule has 4 atom stereocenters. The summed E-state index contributed by atoms with van der Waals surface area (Å²) in [6, 6.07) is 18.8. The van der Waals surface area contributed by atoms with E-state index in [2.05, 4.69) is 61.1 Å². The largest absolute Gasteiger partial charge is 0.274 e. The van der Waals surface area contributed by atoms with Gasteiger partial charge in [0.2, 0.25) is 23.6 Å². The van der Waals surface area contributed by atoms with Gasteiger partial charge in [-0.3, -0.25) is 19.2 Å². The molecule has 3 aliphatic carbocycles. The molecule has 3 fully saturated rings. The number of imide groups is 2. The summed E-state index contributed by atoms with van der Waals surface area (Å²) in [6.45, 7) is 3.78. The number of halogens is 3. The van der Waals surface area contributed by atoms with Gasteiger partial charge in [-0.05, 0) is 124 Å². The monoisotopic (exact) mass is 832 g/mol. The molecule has 6 nitrogen and oxygen atoms in total. The van der Waals surface area contributed by atoms with E-state index >= 15 is 0 Å². The number of hydrogen-bond acceptors (Lipinski definition) is 4. The first-order valence-corrected chi connectivity index (χ1v) is 16.2. The zero-order chi connectivity index (χ0) is 29.0. The zero-order valence-electron chi connectivity index (χ0n) is 22.0. The number of aryl methyl sites for hydroxylation is 2. The molecule has 2 saturated heterocycles. The van der Waals surface area contributed by atoms with E-state index in [0.717, 1.165) is 28.3 Å². The number of carbonyl (C=O) groups excluding carboxylic acids is 4. The van der Waals surface area contributed by atoms with Crippen molar-refractivity contribution in [2.24, 2.45) is 29.6 Å². The first-order chi connectivity index (χ1) is 19.6. The topological polar surface area (TPSA) is 74.8 Å². The Morgan fingerprint density at radius 2 is 1.15 bits per heavy atom. The van der Waals surface area contributed by atoms with Gasteiger partial charge in [-0.1, -0.05) is 40.2 Å². The molecule has 5 aliphatic rings. The highest BCUT2D eigenvalue weighted by Gasteiger charge is 2.75. The molecule has 9 heteroatoms. The Morgan fingerprint density at radius 3 is 1.59 bits per heavy atom. The number of allylic oxidation sites excluding steroid dienone is 2. The fourth-order valence-corrected chi connectivity index (χ4v) is 9.26. The van der Waals surface area contributed by atoms with Crippen molar-refractivity contribution >= 4 is 96.1 Å². The van der Waals surface area contributed by atoms with Gasteiger partial charge >= 0.3 is 0 Å². The fraction of sp³-hybridized carbons (Fsp3) is 0.250. The first-order valence-electron chi connectivity index (χ1n) is 13.3. The van der Waals surface area contributed by atoms with E-state index in [1.54, 1.807) is 0 Å². The summed E-state index contributed by atoms with van der Waals surface area (Å²) in [5.41, 5.74) is 2.36. The van der Waals surface area contributed by atoms with Crippen LogP contribution in [0.25, 0.3) is 0 Å². The van der Waals surface area contributed by atoms with Crippen molar-refractivity contribution in [3.63, 3.8) is 0 Å². The van der Waals surface area contributed by atoms with Crippen LogP contribution >= 0.6 is 61.1 Å². The molecule has 0 radical (unpaired) electrons. The minimum Gasteiger partial charge on any atom is -0.274 e. The predicted molar refractivity (Wildman–Crippen MR) is 175 cm³/mol. The number of rotatable bonds is 3. The van der Waals surface area contributed by atoms with Crippen LogP contribution in [0, 0.1) is 50.6 Å². The number of benzene rings is 3. The van der Waals surface area contributed by atoms with Gasteiger partial charge < -0.3 is 0 Å². The molecule has 0 N–H and O–H groups in total. The van der Waals surface area contributed by atoms with Crippen LogP contribution in [0.5, 0.6) is 0 Å². The maximum Gasteiger partial charge on any atom is 0.238 e. The molecule has 3 aromatic rings. The molecular weight excluding hydrogens is 810 g/mol. The molecule has 2 aliphatic heterocycles. The molecule has 41 heavy (non-hydrogen) atoms. The fourth-order valence-electron chi connectivity index (χ4n) is 7.70. The maximum atomic E-state index is 14.5. The van der Waals surface area contributed by atoms with E-state index in [1.165, 1.54) is 9.80 Å². The van der Waals surface area contributed by atoms with Crippen LogP contribution in [0.15, 0.2) is 77.3 Å². The second kappa shape index (κ2) is 9.57. The predicted octanol–water partition coefficient (Wildman–Crippen LogP) is 6.32. The smallest absolute Gasteiger partial charge is 0.238 e. The van der Waals surface area contributed by atoms with E-state index in [1.807, 2.05) is 86.7 Å². The average Bonchev–Trinajstić information content (AvgIpc) is 3.37. The third-order valence-corrected chi connectivity index (χ3v) is 11.2. The van der Waals surface area contributed by atoms with Gasteiger partial charge in [-0.25, -0.2) is 9.80 Å². The van der Waals surface area contributed by atoms with Crippen molar-refractivity contribution in [3.05, 3.63) is 101 Å². The summed E-state index contributed by atoms with van der Waals surface area (Å²) in [6.07, 6.45) is 3.88. The molecule has 2 bridgehead atoms. The van der Waals surface area contributed by atoms with Crippen molar-refractivity contribution in [2.45, 2.75) is 19.3 Å². The maximum absolute atomic E-state index is 14.5. The Labute approximate surface area is 272 Å². The lowest BCUT2D eigenvalue weighted by atomic mass is 9.45.